The highest BCUT2D eigenvalue weighted by Gasteiger charge is 2.31. The van der Waals surface area contributed by atoms with Crippen molar-refractivity contribution in [1.29, 1.82) is 0 Å². The van der Waals surface area contributed by atoms with Crippen LogP contribution in [-0.4, -0.2) is 51.6 Å². The van der Waals surface area contributed by atoms with E-state index in [0.717, 1.165) is 44.9 Å². The molecule has 6 nitrogen and oxygen atoms in total. The Morgan fingerprint density at radius 1 is 0.600 bits per heavy atom. The minimum Gasteiger partial charge on any atom is -0.207 e. The highest BCUT2D eigenvalue weighted by Crippen LogP contribution is 2.31. The first kappa shape index (κ1) is 26.9. The SMILES string of the molecule is O=S(=O)(c1ccc(Cl)cc1)N1CCC(CCCC2CCN(S(=O)(=O)c3ccc(Cl)cc3)CC2)CC1. The first-order valence-corrected chi connectivity index (χ1v) is 15.8. The van der Waals surface area contributed by atoms with Crippen LogP contribution in [0.1, 0.15) is 44.9 Å². The van der Waals surface area contributed by atoms with E-state index in [1.54, 1.807) is 57.1 Å². The van der Waals surface area contributed by atoms with Gasteiger partial charge in [0, 0.05) is 36.2 Å². The highest BCUT2D eigenvalue weighted by atomic mass is 35.5. The summed E-state index contributed by atoms with van der Waals surface area (Å²) in [7, 11) is -6.93. The predicted molar refractivity (Wildman–Crippen MR) is 140 cm³/mol. The van der Waals surface area contributed by atoms with E-state index in [1.807, 2.05) is 0 Å². The standard InChI is InChI=1S/C25H32Cl2N2O4S2/c26-22-4-8-24(9-5-22)34(30,31)28-16-12-20(13-17-28)2-1-3-21-14-18-29(19-15-21)35(32,33)25-10-6-23(27)7-11-25/h4-11,20-21H,1-3,12-19H2. The number of hydrogen-bond donors (Lipinski definition) is 0. The summed E-state index contributed by atoms with van der Waals surface area (Å²) in [5, 5.41) is 1.05. The van der Waals surface area contributed by atoms with Gasteiger partial charge in [0.05, 0.1) is 9.79 Å². The van der Waals surface area contributed by atoms with E-state index in [9.17, 15) is 16.8 Å². The van der Waals surface area contributed by atoms with Crippen molar-refractivity contribution in [2.75, 3.05) is 26.2 Å². The molecule has 0 N–H and O–H groups in total. The number of hydrogen-bond acceptors (Lipinski definition) is 4. The zero-order valence-corrected chi connectivity index (χ0v) is 22.8. The smallest absolute Gasteiger partial charge is 0.207 e. The van der Waals surface area contributed by atoms with E-state index in [0.29, 0.717) is 57.9 Å². The van der Waals surface area contributed by atoms with Gasteiger partial charge in [-0.15, -0.1) is 0 Å². The largest absolute Gasteiger partial charge is 0.243 e. The van der Waals surface area contributed by atoms with Crippen LogP contribution in [0, 0.1) is 11.8 Å². The first-order chi connectivity index (χ1) is 16.7. The van der Waals surface area contributed by atoms with Gasteiger partial charge in [-0.05, 0) is 86.1 Å². The van der Waals surface area contributed by atoms with Gasteiger partial charge in [0.1, 0.15) is 0 Å². The summed E-state index contributed by atoms with van der Waals surface area (Å²) in [5.74, 6) is 1.08. The van der Waals surface area contributed by atoms with Gasteiger partial charge < -0.3 is 0 Å². The maximum absolute atomic E-state index is 12.9. The molecule has 0 spiro atoms. The van der Waals surface area contributed by atoms with Crippen LogP contribution >= 0.6 is 23.2 Å². The molecular weight excluding hydrogens is 527 g/mol. The minimum atomic E-state index is -3.47. The summed E-state index contributed by atoms with van der Waals surface area (Å²) in [5.41, 5.74) is 0. The summed E-state index contributed by atoms with van der Waals surface area (Å²) < 4.78 is 54.6. The van der Waals surface area contributed by atoms with Crippen LogP contribution in [-0.2, 0) is 20.0 Å². The van der Waals surface area contributed by atoms with E-state index in [1.165, 1.54) is 0 Å². The molecule has 2 aromatic rings. The fourth-order valence-electron chi connectivity index (χ4n) is 5.08. The number of benzene rings is 2. The molecule has 0 amide bonds. The molecule has 0 aromatic heterocycles. The Balaban J connectivity index is 1.18. The zero-order chi connectivity index (χ0) is 25.1. The van der Waals surface area contributed by atoms with Crippen LogP contribution in [0.4, 0.5) is 0 Å². The molecule has 2 aliphatic rings. The Hall–Kier alpha value is -1.16. The summed E-state index contributed by atoms with van der Waals surface area (Å²) in [6.45, 7) is 2.21. The van der Waals surface area contributed by atoms with Gasteiger partial charge >= 0.3 is 0 Å². The third kappa shape index (κ3) is 6.59. The maximum atomic E-state index is 12.9. The fraction of sp³-hybridized carbons (Fsp3) is 0.520. The lowest BCUT2D eigenvalue weighted by Crippen LogP contribution is -2.39. The number of halogens is 2. The second-order valence-corrected chi connectivity index (χ2v) is 14.3. The molecule has 0 radical (unpaired) electrons. The third-order valence-electron chi connectivity index (χ3n) is 7.27. The topological polar surface area (TPSA) is 74.8 Å². The van der Waals surface area contributed by atoms with Gasteiger partial charge in [-0.1, -0.05) is 42.5 Å². The molecule has 2 heterocycles. The lowest BCUT2D eigenvalue weighted by Gasteiger charge is -2.33. The summed E-state index contributed by atoms with van der Waals surface area (Å²) in [6.07, 6.45) is 6.81. The van der Waals surface area contributed by atoms with E-state index in [4.69, 9.17) is 23.2 Å². The van der Waals surface area contributed by atoms with Gasteiger partial charge in [-0.2, -0.15) is 8.61 Å². The van der Waals surface area contributed by atoms with Crippen LogP contribution in [0.2, 0.25) is 10.0 Å². The van der Waals surface area contributed by atoms with Gasteiger partial charge in [0.2, 0.25) is 20.0 Å². The molecule has 2 aliphatic heterocycles. The Kier molecular flexibility index (Phi) is 8.82. The second-order valence-electron chi connectivity index (χ2n) is 9.53. The number of sulfonamides is 2. The van der Waals surface area contributed by atoms with Crippen LogP contribution < -0.4 is 0 Å². The molecule has 2 fully saturated rings. The Morgan fingerprint density at radius 2 is 0.914 bits per heavy atom. The summed E-state index contributed by atoms with van der Waals surface area (Å²) in [6, 6.07) is 12.7. The van der Waals surface area contributed by atoms with Crippen LogP contribution in [0.25, 0.3) is 0 Å². The molecule has 10 heteroatoms. The molecule has 0 saturated carbocycles. The molecule has 35 heavy (non-hydrogen) atoms. The third-order valence-corrected chi connectivity index (χ3v) is 11.6. The van der Waals surface area contributed by atoms with E-state index >= 15 is 0 Å². The van der Waals surface area contributed by atoms with Crippen molar-refractivity contribution in [1.82, 2.24) is 8.61 Å². The van der Waals surface area contributed by atoms with Crippen molar-refractivity contribution in [2.24, 2.45) is 11.8 Å². The van der Waals surface area contributed by atoms with Gasteiger partial charge in [0.15, 0.2) is 0 Å². The predicted octanol–water partition coefficient (Wildman–Crippen LogP) is 5.67. The zero-order valence-electron chi connectivity index (χ0n) is 19.7. The summed E-state index contributed by atoms with van der Waals surface area (Å²) in [4.78, 5) is 0.592. The lowest BCUT2D eigenvalue weighted by molar-refractivity contribution is 0.234. The average Bonchev–Trinajstić information content (AvgIpc) is 2.85. The molecule has 192 valence electrons. The molecular formula is C25H32Cl2N2O4S2. The molecule has 2 saturated heterocycles. The van der Waals surface area contributed by atoms with Crippen molar-refractivity contribution < 1.29 is 16.8 Å². The van der Waals surface area contributed by atoms with Crippen LogP contribution in [0.3, 0.4) is 0 Å². The van der Waals surface area contributed by atoms with Gasteiger partial charge in [-0.3, -0.25) is 0 Å². The van der Waals surface area contributed by atoms with Crippen molar-refractivity contribution in [3.8, 4) is 0 Å². The van der Waals surface area contributed by atoms with E-state index in [2.05, 4.69) is 0 Å². The van der Waals surface area contributed by atoms with Crippen molar-refractivity contribution in [3.05, 3.63) is 58.6 Å². The van der Waals surface area contributed by atoms with Crippen molar-refractivity contribution >= 4 is 43.2 Å². The first-order valence-electron chi connectivity index (χ1n) is 12.2. The maximum Gasteiger partial charge on any atom is 0.243 e. The number of piperidine rings is 2. The molecule has 0 aliphatic carbocycles. The summed E-state index contributed by atoms with van der Waals surface area (Å²) >= 11 is 11.8. The lowest BCUT2D eigenvalue weighted by atomic mass is 9.87. The normalized spacial score (nSPS) is 19.7. The average molecular weight is 560 g/mol. The van der Waals surface area contributed by atoms with Crippen molar-refractivity contribution in [3.63, 3.8) is 0 Å². The van der Waals surface area contributed by atoms with Gasteiger partial charge in [0.25, 0.3) is 0 Å². The van der Waals surface area contributed by atoms with Crippen LogP contribution in [0.5, 0.6) is 0 Å². The second kappa shape index (κ2) is 11.5. The monoisotopic (exact) mass is 558 g/mol. The minimum absolute atomic E-state index is 0.296. The van der Waals surface area contributed by atoms with Crippen molar-refractivity contribution in [2.45, 2.75) is 54.7 Å². The Bertz CT molecular complexity index is 1090. The molecule has 0 bridgehead atoms. The van der Waals surface area contributed by atoms with E-state index in [-0.39, 0.29) is 0 Å². The quantitative estimate of drug-likeness (QED) is 0.418. The Labute approximate surface area is 219 Å². The molecule has 2 aromatic carbocycles. The van der Waals surface area contributed by atoms with E-state index < -0.39 is 20.0 Å². The van der Waals surface area contributed by atoms with Crippen LogP contribution in [0.15, 0.2) is 58.3 Å². The highest BCUT2D eigenvalue weighted by molar-refractivity contribution is 7.89. The molecule has 4 rings (SSSR count). The fourth-order valence-corrected chi connectivity index (χ4v) is 8.27. The van der Waals surface area contributed by atoms with Gasteiger partial charge in [-0.25, -0.2) is 16.8 Å². The molecule has 0 unspecified atom stereocenters. The molecule has 0 atom stereocenters. The number of nitrogens with zero attached hydrogens (tertiary/aromatic N) is 2. The Morgan fingerprint density at radius 3 is 1.23 bits per heavy atom. The number of rotatable bonds is 8.